The van der Waals surface area contributed by atoms with Gasteiger partial charge in [0.15, 0.2) is 0 Å². The number of benzene rings is 2. The van der Waals surface area contributed by atoms with Gasteiger partial charge in [0.2, 0.25) is 5.91 Å². The minimum Gasteiger partial charge on any atom is -0.366 e. The summed E-state index contributed by atoms with van der Waals surface area (Å²) < 4.78 is 0. The summed E-state index contributed by atoms with van der Waals surface area (Å²) in [5, 5.41) is 13.2. The first-order valence-corrected chi connectivity index (χ1v) is 5.93. The summed E-state index contributed by atoms with van der Waals surface area (Å²) in [4.78, 5) is 33.2. The molecule has 0 aliphatic rings. The van der Waals surface area contributed by atoms with E-state index in [9.17, 15) is 19.7 Å². The molecule has 0 fully saturated rings. The van der Waals surface area contributed by atoms with Gasteiger partial charge >= 0.3 is 0 Å². The fourth-order valence-corrected chi connectivity index (χ4v) is 1.71. The smallest absolute Gasteiger partial charge is 0.270 e. The second-order valence-corrected chi connectivity index (χ2v) is 4.21. The van der Waals surface area contributed by atoms with Crippen molar-refractivity contribution in [2.75, 3.05) is 5.32 Å². The standard InChI is InChI=1S/C14H11N3O4/c15-13(18)9-3-1-5-11(7-9)16-14(19)10-4-2-6-12(8-10)17(20)21/h1-8H,(H2,15,18)(H,16,19). The number of nitrogens with zero attached hydrogens (tertiary/aromatic N) is 1. The minimum absolute atomic E-state index is 0.147. The molecule has 0 spiro atoms. The first-order chi connectivity index (χ1) is 9.97. The quantitative estimate of drug-likeness (QED) is 0.659. The van der Waals surface area contributed by atoms with Crippen LogP contribution in [0.15, 0.2) is 48.5 Å². The molecule has 0 radical (unpaired) electrons. The third-order valence-corrected chi connectivity index (χ3v) is 2.72. The van der Waals surface area contributed by atoms with Crippen molar-refractivity contribution in [2.45, 2.75) is 0 Å². The number of nitro groups is 1. The van der Waals surface area contributed by atoms with Crippen LogP contribution in [0.25, 0.3) is 0 Å². The Hall–Kier alpha value is -3.22. The molecular weight excluding hydrogens is 274 g/mol. The number of carbonyl (C=O) groups is 2. The molecule has 2 aromatic carbocycles. The van der Waals surface area contributed by atoms with Crippen molar-refractivity contribution in [2.24, 2.45) is 5.73 Å². The van der Waals surface area contributed by atoms with Gasteiger partial charge in [-0.1, -0.05) is 12.1 Å². The average molecular weight is 285 g/mol. The summed E-state index contributed by atoms with van der Waals surface area (Å²) in [6, 6.07) is 11.5. The molecule has 0 atom stereocenters. The van der Waals surface area contributed by atoms with E-state index in [1.807, 2.05) is 0 Å². The summed E-state index contributed by atoms with van der Waals surface area (Å²) in [5.74, 6) is -1.12. The zero-order valence-corrected chi connectivity index (χ0v) is 10.8. The molecular formula is C14H11N3O4. The van der Waals surface area contributed by atoms with Crippen LogP contribution >= 0.6 is 0 Å². The van der Waals surface area contributed by atoms with Crippen LogP contribution in [0.4, 0.5) is 11.4 Å². The fourth-order valence-electron chi connectivity index (χ4n) is 1.71. The van der Waals surface area contributed by atoms with Crippen molar-refractivity contribution in [1.82, 2.24) is 0 Å². The van der Waals surface area contributed by atoms with Crippen LogP contribution in [0.5, 0.6) is 0 Å². The molecule has 0 aliphatic heterocycles. The number of nitro benzene ring substituents is 1. The monoisotopic (exact) mass is 285 g/mol. The van der Waals surface area contributed by atoms with Gasteiger partial charge < -0.3 is 11.1 Å². The Morgan fingerprint density at radius 1 is 1.05 bits per heavy atom. The molecule has 2 rings (SSSR count). The van der Waals surface area contributed by atoms with E-state index in [4.69, 9.17) is 5.73 Å². The van der Waals surface area contributed by atoms with Gasteiger partial charge in [-0.2, -0.15) is 0 Å². The molecule has 0 heterocycles. The Balaban J connectivity index is 2.22. The van der Waals surface area contributed by atoms with Crippen molar-refractivity contribution in [3.63, 3.8) is 0 Å². The van der Waals surface area contributed by atoms with E-state index in [2.05, 4.69) is 5.32 Å². The molecule has 2 amide bonds. The van der Waals surface area contributed by atoms with Crippen LogP contribution in [-0.2, 0) is 0 Å². The number of anilines is 1. The van der Waals surface area contributed by atoms with Crippen LogP contribution < -0.4 is 11.1 Å². The summed E-state index contributed by atoms with van der Waals surface area (Å²) in [7, 11) is 0. The zero-order valence-electron chi connectivity index (χ0n) is 10.8. The van der Waals surface area contributed by atoms with Gasteiger partial charge in [0.05, 0.1) is 4.92 Å². The molecule has 0 bridgehead atoms. The van der Waals surface area contributed by atoms with E-state index >= 15 is 0 Å². The first-order valence-electron chi connectivity index (χ1n) is 5.93. The number of hydrogen-bond donors (Lipinski definition) is 2. The SMILES string of the molecule is NC(=O)c1cccc(NC(=O)c2cccc([N+](=O)[O-])c2)c1. The lowest BCUT2D eigenvalue weighted by molar-refractivity contribution is -0.384. The summed E-state index contributed by atoms with van der Waals surface area (Å²) >= 11 is 0. The number of non-ortho nitro benzene ring substituents is 1. The molecule has 2 aromatic rings. The number of hydrogen-bond acceptors (Lipinski definition) is 4. The predicted octanol–water partition coefficient (Wildman–Crippen LogP) is 1.95. The van der Waals surface area contributed by atoms with Gasteiger partial charge in [-0.25, -0.2) is 0 Å². The number of primary amides is 1. The van der Waals surface area contributed by atoms with Crippen molar-refractivity contribution in [1.29, 1.82) is 0 Å². The van der Waals surface area contributed by atoms with Crippen molar-refractivity contribution in [3.8, 4) is 0 Å². The highest BCUT2D eigenvalue weighted by Crippen LogP contribution is 2.16. The highest BCUT2D eigenvalue weighted by atomic mass is 16.6. The topological polar surface area (TPSA) is 115 Å². The van der Waals surface area contributed by atoms with Crippen molar-refractivity contribution >= 4 is 23.2 Å². The van der Waals surface area contributed by atoms with Gasteiger partial charge in [0, 0.05) is 28.9 Å². The van der Waals surface area contributed by atoms with Gasteiger partial charge in [0.25, 0.3) is 11.6 Å². The Morgan fingerprint density at radius 2 is 1.71 bits per heavy atom. The van der Waals surface area contributed by atoms with E-state index in [-0.39, 0.29) is 16.8 Å². The van der Waals surface area contributed by atoms with Crippen LogP contribution in [0, 0.1) is 10.1 Å². The maximum Gasteiger partial charge on any atom is 0.270 e. The Kier molecular flexibility index (Phi) is 3.94. The summed E-state index contributed by atoms with van der Waals surface area (Å²) in [6.45, 7) is 0. The Morgan fingerprint density at radius 3 is 2.38 bits per heavy atom. The molecule has 21 heavy (non-hydrogen) atoms. The minimum atomic E-state index is -0.610. The first kappa shape index (κ1) is 14.2. The van der Waals surface area contributed by atoms with Crippen LogP contribution in [0.2, 0.25) is 0 Å². The molecule has 0 aromatic heterocycles. The normalized spacial score (nSPS) is 9.90. The number of nitrogens with two attached hydrogens (primary N) is 1. The second kappa shape index (κ2) is 5.83. The lowest BCUT2D eigenvalue weighted by Gasteiger charge is -2.06. The molecule has 7 nitrogen and oxygen atoms in total. The van der Waals surface area contributed by atoms with Crippen molar-refractivity contribution < 1.29 is 14.5 Å². The Bertz CT molecular complexity index is 728. The van der Waals surface area contributed by atoms with Crippen LogP contribution in [0.1, 0.15) is 20.7 Å². The van der Waals surface area contributed by atoms with Crippen molar-refractivity contribution in [3.05, 3.63) is 69.8 Å². The molecule has 0 unspecified atom stereocenters. The van der Waals surface area contributed by atoms with E-state index in [0.29, 0.717) is 5.69 Å². The van der Waals surface area contributed by atoms with Crippen LogP contribution in [-0.4, -0.2) is 16.7 Å². The van der Waals surface area contributed by atoms with Crippen LogP contribution in [0.3, 0.4) is 0 Å². The molecule has 0 saturated carbocycles. The summed E-state index contributed by atoms with van der Waals surface area (Å²) in [5.41, 5.74) is 5.76. The van der Waals surface area contributed by atoms with Gasteiger partial charge in [0.1, 0.15) is 0 Å². The highest BCUT2D eigenvalue weighted by Gasteiger charge is 2.12. The number of nitrogens with one attached hydrogen (secondary N) is 1. The largest absolute Gasteiger partial charge is 0.366 e. The molecule has 3 N–H and O–H groups in total. The maximum atomic E-state index is 12.0. The van der Waals surface area contributed by atoms with Gasteiger partial charge in [-0.3, -0.25) is 19.7 Å². The van der Waals surface area contributed by atoms with E-state index in [1.165, 1.54) is 36.4 Å². The third kappa shape index (κ3) is 3.41. The molecule has 0 saturated heterocycles. The molecule has 7 heteroatoms. The predicted molar refractivity (Wildman–Crippen MR) is 76.0 cm³/mol. The Labute approximate surface area is 119 Å². The molecule has 106 valence electrons. The molecule has 0 aliphatic carbocycles. The van der Waals surface area contributed by atoms with E-state index in [0.717, 1.165) is 0 Å². The maximum absolute atomic E-state index is 12.0. The van der Waals surface area contributed by atoms with E-state index in [1.54, 1.807) is 12.1 Å². The summed E-state index contributed by atoms with van der Waals surface area (Å²) in [6.07, 6.45) is 0. The fraction of sp³-hybridized carbons (Fsp3) is 0. The lowest BCUT2D eigenvalue weighted by Crippen LogP contribution is -2.14. The zero-order chi connectivity index (χ0) is 15.4. The van der Waals surface area contributed by atoms with Gasteiger partial charge in [-0.15, -0.1) is 0 Å². The van der Waals surface area contributed by atoms with E-state index < -0.39 is 16.7 Å². The lowest BCUT2D eigenvalue weighted by atomic mass is 10.1. The number of carbonyl (C=O) groups excluding carboxylic acids is 2. The average Bonchev–Trinajstić information content (AvgIpc) is 2.47. The number of amides is 2. The van der Waals surface area contributed by atoms with Gasteiger partial charge in [-0.05, 0) is 24.3 Å². The number of rotatable bonds is 4. The highest BCUT2D eigenvalue weighted by molar-refractivity contribution is 6.05. The third-order valence-electron chi connectivity index (χ3n) is 2.72. The second-order valence-electron chi connectivity index (χ2n) is 4.21.